The van der Waals surface area contributed by atoms with Gasteiger partial charge in [0.2, 0.25) is 5.91 Å². The SMILES string of the molecule is O=C(O)[C@H](Cc1c[nH]c2ccccc12)N1C(=O)C[C@@H](O)C1=O. The van der Waals surface area contributed by atoms with Crippen molar-refractivity contribution in [1.29, 1.82) is 0 Å². The minimum Gasteiger partial charge on any atom is -0.480 e. The fraction of sp³-hybridized carbons (Fsp3) is 0.267. The first-order valence-electron chi connectivity index (χ1n) is 6.81. The van der Waals surface area contributed by atoms with Crippen LogP contribution in [0.3, 0.4) is 0 Å². The molecule has 1 fully saturated rings. The molecule has 0 radical (unpaired) electrons. The van der Waals surface area contributed by atoms with Crippen molar-refractivity contribution in [3.63, 3.8) is 0 Å². The molecular formula is C15H14N2O5. The van der Waals surface area contributed by atoms with Crippen LogP contribution < -0.4 is 0 Å². The van der Waals surface area contributed by atoms with Crippen LogP contribution in [0.25, 0.3) is 10.9 Å². The lowest BCUT2D eigenvalue weighted by Gasteiger charge is -2.22. The number of aliphatic hydroxyl groups is 1. The first-order chi connectivity index (χ1) is 10.5. The van der Waals surface area contributed by atoms with E-state index in [-0.39, 0.29) is 12.8 Å². The molecule has 2 atom stereocenters. The van der Waals surface area contributed by atoms with Gasteiger partial charge >= 0.3 is 5.97 Å². The highest BCUT2D eigenvalue weighted by Gasteiger charge is 2.44. The minimum atomic E-state index is -1.45. The number of carboxylic acid groups (broad SMARTS) is 1. The number of carbonyl (C=O) groups is 3. The molecule has 3 N–H and O–H groups in total. The summed E-state index contributed by atoms with van der Waals surface area (Å²) in [5.41, 5.74) is 1.55. The molecular weight excluding hydrogens is 288 g/mol. The first kappa shape index (κ1) is 14.3. The van der Waals surface area contributed by atoms with Gasteiger partial charge in [-0.1, -0.05) is 18.2 Å². The Kier molecular flexibility index (Phi) is 3.42. The molecule has 0 unspecified atom stereocenters. The van der Waals surface area contributed by atoms with Crippen LogP contribution in [0.4, 0.5) is 0 Å². The third-order valence-electron chi connectivity index (χ3n) is 3.84. The van der Waals surface area contributed by atoms with Crippen LogP contribution in [0.1, 0.15) is 12.0 Å². The standard InChI is InChI=1S/C15H14N2O5/c18-12-6-13(19)17(14(12)20)11(15(21)22)5-8-7-16-10-4-2-1-3-9(8)10/h1-4,7,11-12,16,18H,5-6H2,(H,21,22)/t11-,12+/m0/s1. The maximum absolute atomic E-state index is 11.8. The lowest BCUT2D eigenvalue weighted by atomic mass is 10.0. The fourth-order valence-corrected chi connectivity index (χ4v) is 2.76. The molecule has 1 saturated heterocycles. The topological polar surface area (TPSA) is 111 Å². The molecule has 1 aliphatic heterocycles. The number of nitrogens with zero attached hydrogens (tertiary/aromatic N) is 1. The van der Waals surface area contributed by atoms with Gasteiger partial charge in [-0.05, 0) is 11.6 Å². The third kappa shape index (κ3) is 2.25. The number of aliphatic carboxylic acids is 1. The molecule has 0 saturated carbocycles. The van der Waals surface area contributed by atoms with Crippen molar-refractivity contribution in [2.75, 3.05) is 0 Å². The van der Waals surface area contributed by atoms with Crippen molar-refractivity contribution in [2.45, 2.75) is 25.0 Å². The Bertz CT molecular complexity index is 766. The molecule has 2 amide bonds. The van der Waals surface area contributed by atoms with E-state index in [0.29, 0.717) is 10.5 Å². The molecule has 1 aliphatic rings. The number of hydrogen-bond acceptors (Lipinski definition) is 4. The number of rotatable bonds is 4. The van der Waals surface area contributed by atoms with E-state index in [1.165, 1.54) is 0 Å². The van der Waals surface area contributed by atoms with E-state index < -0.39 is 29.9 Å². The molecule has 7 nitrogen and oxygen atoms in total. The van der Waals surface area contributed by atoms with Crippen LogP contribution in [-0.4, -0.2) is 50.0 Å². The summed E-state index contributed by atoms with van der Waals surface area (Å²) in [6.45, 7) is 0. The number of imide groups is 1. The highest BCUT2D eigenvalue weighted by atomic mass is 16.4. The van der Waals surface area contributed by atoms with Gasteiger partial charge in [-0.3, -0.25) is 14.5 Å². The van der Waals surface area contributed by atoms with Gasteiger partial charge in [0.15, 0.2) is 0 Å². The summed E-state index contributed by atoms with van der Waals surface area (Å²) in [5, 5.41) is 19.7. The van der Waals surface area contributed by atoms with Crippen molar-refractivity contribution in [1.82, 2.24) is 9.88 Å². The molecule has 7 heteroatoms. The van der Waals surface area contributed by atoms with Crippen molar-refractivity contribution in [3.8, 4) is 0 Å². The summed E-state index contributed by atoms with van der Waals surface area (Å²) in [6, 6.07) is 6.04. The summed E-state index contributed by atoms with van der Waals surface area (Å²) in [4.78, 5) is 38.8. The number of hydrogen-bond donors (Lipinski definition) is 3. The molecule has 1 aromatic carbocycles. The Morgan fingerprint density at radius 1 is 1.36 bits per heavy atom. The second-order valence-corrected chi connectivity index (χ2v) is 5.24. The van der Waals surface area contributed by atoms with E-state index in [1.807, 2.05) is 24.3 Å². The highest BCUT2D eigenvalue weighted by Crippen LogP contribution is 2.23. The Balaban J connectivity index is 1.94. The number of aliphatic hydroxyl groups excluding tert-OH is 1. The predicted molar refractivity (Wildman–Crippen MR) is 75.9 cm³/mol. The lowest BCUT2D eigenvalue weighted by Crippen LogP contribution is -2.47. The van der Waals surface area contributed by atoms with E-state index in [0.717, 1.165) is 10.9 Å². The van der Waals surface area contributed by atoms with Gasteiger partial charge < -0.3 is 15.2 Å². The van der Waals surface area contributed by atoms with Crippen LogP contribution in [0.2, 0.25) is 0 Å². The van der Waals surface area contributed by atoms with Crippen LogP contribution in [0.5, 0.6) is 0 Å². The highest BCUT2D eigenvalue weighted by molar-refractivity contribution is 6.07. The summed E-state index contributed by atoms with van der Waals surface area (Å²) in [5.74, 6) is -2.79. The molecule has 2 heterocycles. The van der Waals surface area contributed by atoms with Crippen LogP contribution in [0.15, 0.2) is 30.5 Å². The maximum Gasteiger partial charge on any atom is 0.327 e. The number of benzene rings is 1. The lowest BCUT2D eigenvalue weighted by molar-refractivity contribution is -0.155. The number of fused-ring (bicyclic) bond motifs is 1. The van der Waals surface area contributed by atoms with Crippen molar-refractivity contribution in [2.24, 2.45) is 0 Å². The van der Waals surface area contributed by atoms with Crippen LogP contribution >= 0.6 is 0 Å². The average Bonchev–Trinajstić information content (AvgIpc) is 2.99. The van der Waals surface area contributed by atoms with E-state index in [2.05, 4.69) is 4.98 Å². The predicted octanol–water partition coefficient (Wildman–Crippen LogP) is 0.283. The number of para-hydroxylation sites is 1. The van der Waals surface area contributed by atoms with Gasteiger partial charge in [-0.2, -0.15) is 0 Å². The number of H-pyrrole nitrogens is 1. The number of carbonyl (C=O) groups excluding carboxylic acids is 2. The number of carboxylic acids is 1. The minimum absolute atomic E-state index is 0.0104. The van der Waals surface area contributed by atoms with Crippen molar-refractivity contribution < 1.29 is 24.6 Å². The number of likely N-dealkylation sites (tertiary alicyclic amines) is 1. The number of aromatic amines is 1. The number of nitrogens with one attached hydrogen (secondary N) is 1. The smallest absolute Gasteiger partial charge is 0.327 e. The zero-order valence-electron chi connectivity index (χ0n) is 11.5. The fourth-order valence-electron chi connectivity index (χ4n) is 2.76. The van der Waals surface area contributed by atoms with E-state index in [4.69, 9.17) is 0 Å². The molecule has 0 aliphatic carbocycles. The first-order valence-corrected chi connectivity index (χ1v) is 6.81. The monoisotopic (exact) mass is 302 g/mol. The van der Waals surface area contributed by atoms with Gasteiger partial charge in [0, 0.05) is 23.5 Å². The van der Waals surface area contributed by atoms with E-state index >= 15 is 0 Å². The third-order valence-corrected chi connectivity index (χ3v) is 3.84. The van der Waals surface area contributed by atoms with Gasteiger partial charge in [0.25, 0.3) is 5.91 Å². The molecule has 0 bridgehead atoms. The van der Waals surface area contributed by atoms with Gasteiger partial charge in [-0.25, -0.2) is 4.79 Å². The zero-order valence-corrected chi connectivity index (χ0v) is 11.5. The summed E-state index contributed by atoms with van der Waals surface area (Å²) < 4.78 is 0. The van der Waals surface area contributed by atoms with Crippen molar-refractivity contribution in [3.05, 3.63) is 36.0 Å². The van der Waals surface area contributed by atoms with Crippen LogP contribution in [0, 0.1) is 0 Å². The molecule has 22 heavy (non-hydrogen) atoms. The number of amides is 2. The Labute approximate surface area is 125 Å². The molecule has 114 valence electrons. The van der Waals surface area contributed by atoms with Gasteiger partial charge in [0.05, 0.1) is 6.42 Å². The Hall–Kier alpha value is -2.67. The number of aromatic nitrogens is 1. The molecule has 2 aromatic rings. The quantitative estimate of drug-likeness (QED) is 0.703. The largest absolute Gasteiger partial charge is 0.480 e. The van der Waals surface area contributed by atoms with Gasteiger partial charge in [-0.15, -0.1) is 0 Å². The van der Waals surface area contributed by atoms with Crippen molar-refractivity contribution >= 4 is 28.7 Å². The van der Waals surface area contributed by atoms with Crippen LogP contribution in [-0.2, 0) is 20.8 Å². The summed E-state index contributed by atoms with van der Waals surface area (Å²) in [7, 11) is 0. The Morgan fingerprint density at radius 2 is 2.09 bits per heavy atom. The second-order valence-electron chi connectivity index (χ2n) is 5.24. The Morgan fingerprint density at radius 3 is 2.73 bits per heavy atom. The molecule has 1 aromatic heterocycles. The van der Waals surface area contributed by atoms with Gasteiger partial charge in [0.1, 0.15) is 12.1 Å². The zero-order chi connectivity index (χ0) is 15.9. The molecule has 3 rings (SSSR count). The molecule has 0 spiro atoms. The second kappa shape index (κ2) is 5.27. The normalized spacial score (nSPS) is 19.9. The van der Waals surface area contributed by atoms with E-state index in [9.17, 15) is 24.6 Å². The summed E-state index contributed by atoms with van der Waals surface area (Å²) in [6.07, 6.45) is -0.153. The summed E-state index contributed by atoms with van der Waals surface area (Å²) >= 11 is 0. The van der Waals surface area contributed by atoms with E-state index in [1.54, 1.807) is 6.20 Å². The maximum atomic E-state index is 11.8. The average molecular weight is 302 g/mol.